The number of nitrogens with zero attached hydrogens (tertiary/aromatic N) is 3. The number of thioether (sulfide) groups is 1. The predicted molar refractivity (Wildman–Crippen MR) is 134 cm³/mol. The summed E-state index contributed by atoms with van der Waals surface area (Å²) in [7, 11) is 1.69. The van der Waals surface area contributed by atoms with Gasteiger partial charge in [0.05, 0.1) is 22.7 Å². The minimum absolute atomic E-state index is 0.138. The Balaban J connectivity index is 1.27. The fraction of sp³-hybridized carbons (Fsp3) is 0.320. The summed E-state index contributed by atoms with van der Waals surface area (Å²) in [5, 5.41) is 1.65. The zero-order valence-electron chi connectivity index (χ0n) is 18.4. The molecule has 32 heavy (non-hydrogen) atoms. The lowest BCUT2D eigenvalue weighted by atomic mass is 10.2. The molecule has 5 nitrogen and oxygen atoms in total. The van der Waals surface area contributed by atoms with Crippen LogP contribution in [0.25, 0.3) is 0 Å². The number of hydrogen-bond acceptors (Lipinski definition) is 6. The minimum Gasteiger partial charge on any atom is -0.497 e. The van der Waals surface area contributed by atoms with E-state index in [1.54, 1.807) is 18.4 Å². The number of rotatable bonds is 4. The lowest BCUT2D eigenvalue weighted by molar-refractivity contribution is 0.0751. The van der Waals surface area contributed by atoms with Crippen LogP contribution in [0.5, 0.6) is 5.75 Å². The van der Waals surface area contributed by atoms with E-state index in [1.165, 1.54) is 10.6 Å². The van der Waals surface area contributed by atoms with Crippen molar-refractivity contribution in [2.75, 3.05) is 49.6 Å². The maximum Gasteiger partial charge on any atom is 0.264 e. The van der Waals surface area contributed by atoms with Crippen molar-refractivity contribution in [1.29, 1.82) is 0 Å². The van der Waals surface area contributed by atoms with Crippen molar-refractivity contribution < 1.29 is 9.53 Å². The van der Waals surface area contributed by atoms with Crippen LogP contribution in [-0.2, 0) is 0 Å². The number of fused-ring (bicyclic) bond motifs is 1. The Labute approximate surface area is 197 Å². The van der Waals surface area contributed by atoms with Crippen molar-refractivity contribution in [1.82, 2.24) is 4.90 Å². The number of thiophene rings is 1. The molecule has 1 aromatic heterocycles. The number of hydrogen-bond donors (Lipinski definition) is 0. The normalized spacial score (nSPS) is 18.4. The van der Waals surface area contributed by atoms with Gasteiger partial charge in [-0.15, -0.1) is 23.1 Å². The van der Waals surface area contributed by atoms with Gasteiger partial charge in [0.1, 0.15) is 5.75 Å². The Hall–Kier alpha value is -2.64. The molecule has 2 aliphatic heterocycles. The SMILES string of the molecule is COc1cccc(N2CCN(C(=O)c3ccc(N4CC(C)Sc5ccccc54)s3)CC2)c1. The van der Waals surface area contributed by atoms with E-state index in [1.807, 2.05) is 34.9 Å². The van der Waals surface area contributed by atoms with Gasteiger partial charge in [-0.25, -0.2) is 0 Å². The fourth-order valence-corrected chi connectivity index (χ4v) is 6.43. The Bertz CT molecular complexity index is 1110. The molecule has 0 N–H and O–H groups in total. The number of para-hydroxylation sites is 1. The third-order valence-electron chi connectivity index (χ3n) is 5.98. The molecule has 1 unspecified atom stereocenters. The van der Waals surface area contributed by atoms with Gasteiger partial charge in [-0.05, 0) is 36.4 Å². The largest absolute Gasteiger partial charge is 0.497 e. The Kier molecular flexibility index (Phi) is 6.02. The van der Waals surface area contributed by atoms with Gasteiger partial charge in [-0.3, -0.25) is 4.79 Å². The third-order valence-corrected chi connectivity index (χ3v) is 8.22. The first-order valence-corrected chi connectivity index (χ1v) is 12.6. The highest BCUT2D eigenvalue weighted by atomic mass is 32.2. The van der Waals surface area contributed by atoms with Crippen LogP contribution in [0.2, 0.25) is 0 Å². The van der Waals surface area contributed by atoms with Crippen LogP contribution in [0.3, 0.4) is 0 Å². The molecule has 166 valence electrons. The minimum atomic E-state index is 0.138. The molecule has 0 radical (unpaired) electrons. The van der Waals surface area contributed by atoms with E-state index in [0.717, 1.165) is 54.0 Å². The molecule has 0 saturated carbocycles. The topological polar surface area (TPSA) is 36.0 Å². The van der Waals surface area contributed by atoms with Crippen molar-refractivity contribution in [3.8, 4) is 5.75 Å². The van der Waals surface area contributed by atoms with Gasteiger partial charge in [0.15, 0.2) is 0 Å². The Morgan fingerprint density at radius 1 is 1.00 bits per heavy atom. The summed E-state index contributed by atoms with van der Waals surface area (Å²) < 4.78 is 5.35. The number of ether oxygens (including phenoxy) is 1. The second-order valence-electron chi connectivity index (χ2n) is 8.13. The third kappa shape index (κ3) is 4.19. The molecule has 1 fully saturated rings. The van der Waals surface area contributed by atoms with Crippen LogP contribution in [0.15, 0.2) is 65.6 Å². The molecular weight excluding hydrogens is 438 g/mol. The molecular formula is C25H27N3O2S2. The molecule has 2 aliphatic rings. The van der Waals surface area contributed by atoms with Crippen molar-refractivity contribution in [3.05, 3.63) is 65.5 Å². The second-order valence-corrected chi connectivity index (χ2v) is 10.7. The van der Waals surface area contributed by atoms with E-state index in [2.05, 4.69) is 59.2 Å². The second kappa shape index (κ2) is 9.08. The van der Waals surface area contributed by atoms with Crippen molar-refractivity contribution >= 4 is 45.4 Å². The van der Waals surface area contributed by atoms with Crippen LogP contribution >= 0.6 is 23.1 Å². The first kappa shape index (κ1) is 21.2. The summed E-state index contributed by atoms with van der Waals surface area (Å²) in [6.45, 7) is 6.31. The number of amides is 1. The highest BCUT2D eigenvalue weighted by Crippen LogP contribution is 2.43. The molecule has 0 aliphatic carbocycles. The standard InChI is InChI=1S/C25H27N3O2S2/c1-18-17-28(21-8-3-4-9-22(21)31-18)24-11-10-23(32-24)25(29)27-14-12-26(13-15-27)19-6-5-7-20(16-19)30-2/h3-11,16,18H,12-15,17H2,1-2H3. The number of piperazine rings is 1. The summed E-state index contributed by atoms with van der Waals surface area (Å²) in [5.41, 5.74) is 2.38. The summed E-state index contributed by atoms with van der Waals surface area (Å²) in [4.78, 5) is 22.0. The molecule has 0 spiro atoms. The molecule has 2 aromatic carbocycles. The van der Waals surface area contributed by atoms with Crippen LogP contribution in [-0.4, -0.2) is 55.9 Å². The monoisotopic (exact) mass is 465 g/mol. The molecule has 0 bridgehead atoms. The van der Waals surface area contributed by atoms with Crippen LogP contribution in [0.4, 0.5) is 16.4 Å². The maximum absolute atomic E-state index is 13.2. The van der Waals surface area contributed by atoms with Crippen LogP contribution < -0.4 is 14.5 Å². The highest BCUT2D eigenvalue weighted by molar-refractivity contribution is 8.00. The van der Waals surface area contributed by atoms with Gasteiger partial charge in [-0.1, -0.05) is 25.1 Å². The quantitative estimate of drug-likeness (QED) is 0.519. The van der Waals surface area contributed by atoms with E-state index >= 15 is 0 Å². The van der Waals surface area contributed by atoms with E-state index in [0.29, 0.717) is 5.25 Å². The first-order valence-electron chi connectivity index (χ1n) is 10.9. The van der Waals surface area contributed by atoms with E-state index in [9.17, 15) is 4.79 Å². The highest BCUT2D eigenvalue weighted by Gasteiger charge is 2.27. The molecule has 3 heterocycles. The van der Waals surface area contributed by atoms with Gasteiger partial charge >= 0.3 is 0 Å². The van der Waals surface area contributed by atoms with Gasteiger partial charge in [-0.2, -0.15) is 0 Å². The lowest BCUT2D eigenvalue weighted by Crippen LogP contribution is -2.48. The van der Waals surface area contributed by atoms with Crippen LogP contribution in [0, 0.1) is 0 Å². The maximum atomic E-state index is 13.2. The van der Waals surface area contributed by atoms with Gasteiger partial charge in [0.2, 0.25) is 0 Å². The molecule has 5 rings (SSSR count). The average molecular weight is 466 g/mol. The van der Waals surface area contributed by atoms with Crippen molar-refractivity contribution in [2.24, 2.45) is 0 Å². The summed E-state index contributed by atoms with van der Waals surface area (Å²) in [5.74, 6) is 0.999. The van der Waals surface area contributed by atoms with Gasteiger partial charge in [0.25, 0.3) is 5.91 Å². The van der Waals surface area contributed by atoms with E-state index in [-0.39, 0.29) is 5.91 Å². The zero-order valence-corrected chi connectivity index (χ0v) is 20.0. The average Bonchev–Trinajstić information content (AvgIpc) is 3.33. The zero-order chi connectivity index (χ0) is 22.1. The fourth-order valence-electron chi connectivity index (χ4n) is 4.32. The molecule has 1 saturated heterocycles. The molecule has 1 amide bonds. The number of carbonyl (C=O) groups is 1. The summed E-state index contributed by atoms with van der Waals surface area (Å²) >= 11 is 3.53. The number of benzene rings is 2. The van der Waals surface area contributed by atoms with Crippen LogP contribution in [0.1, 0.15) is 16.6 Å². The van der Waals surface area contributed by atoms with E-state index in [4.69, 9.17) is 4.74 Å². The van der Waals surface area contributed by atoms with Crippen molar-refractivity contribution in [3.63, 3.8) is 0 Å². The van der Waals surface area contributed by atoms with E-state index < -0.39 is 0 Å². The molecule has 3 aromatic rings. The first-order chi connectivity index (χ1) is 15.6. The van der Waals surface area contributed by atoms with Crippen molar-refractivity contribution in [2.45, 2.75) is 17.1 Å². The lowest BCUT2D eigenvalue weighted by Gasteiger charge is -2.36. The molecule has 7 heteroatoms. The number of carbonyl (C=O) groups excluding carboxylic acids is 1. The number of methoxy groups -OCH3 is 1. The predicted octanol–water partition coefficient (Wildman–Crippen LogP) is 5.35. The Morgan fingerprint density at radius 3 is 2.62 bits per heavy atom. The smallest absolute Gasteiger partial charge is 0.264 e. The van der Waals surface area contributed by atoms with Gasteiger partial charge in [0, 0.05) is 54.6 Å². The molecule has 1 atom stereocenters. The summed E-state index contributed by atoms with van der Waals surface area (Å²) in [6.07, 6.45) is 0. The number of anilines is 3. The summed E-state index contributed by atoms with van der Waals surface area (Å²) in [6, 6.07) is 20.8. The van der Waals surface area contributed by atoms with Gasteiger partial charge < -0.3 is 19.4 Å². The Morgan fingerprint density at radius 2 is 1.81 bits per heavy atom.